The van der Waals surface area contributed by atoms with E-state index in [4.69, 9.17) is 5.73 Å². The van der Waals surface area contributed by atoms with Gasteiger partial charge in [0.2, 0.25) is 0 Å². The van der Waals surface area contributed by atoms with Crippen molar-refractivity contribution in [1.29, 1.82) is 0 Å². The highest BCUT2D eigenvalue weighted by Gasteiger charge is 2.20. The molecular formula is C14H21N3O. The predicted octanol–water partition coefficient (Wildman–Crippen LogP) is 1.35. The van der Waals surface area contributed by atoms with Crippen LogP contribution in [0.4, 0.5) is 4.79 Å². The van der Waals surface area contributed by atoms with E-state index in [9.17, 15) is 4.79 Å². The molecule has 1 aromatic rings. The summed E-state index contributed by atoms with van der Waals surface area (Å²) in [6.07, 6.45) is 0.941. The molecule has 1 heterocycles. The molecule has 2 rings (SSSR count). The van der Waals surface area contributed by atoms with Crippen molar-refractivity contribution in [3.8, 4) is 0 Å². The maximum absolute atomic E-state index is 12.0. The van der Waals surface area contributed by atoms with Gasteiger partial charge in [-0.05, 0) is 30.0 Å². The molecule has 0 bridgehead atoms. The normalized spacial score (nSPS) is 16.0. The fourth-order valence-electron chi connectivity index (χ4n) is 2.13. The van der Waals surface area contributed by atoms with Crippen molar-refractivity contribution in [2.75, 3.05) is 19.6 Å². The fraction of sp³-hybridized carbons (Fsp3) is 0.500. The van der Waals surface area contributed by atoms with E-state index in [1.807, 2.05) is 17.9 Å². The molecule has 2 amide bonds. The summed E-state index contributed by atoms with van der Waals surface area (Å²) < 4.78 is 0. The number of carbonyl (C=O) groups excluding carboxylic acids is 1. The molecule has 0 fully saturated rings. The zero-order valence-electron chi connectivity index (χ0n) is 10.9. The lowest BCUT2D eigenvalue weighted by molar-refractivity contribution is 0.191. The molecule has 4 nitrogen and oxygen atoms in total. The van der Waals surface area contributed by atoms with Crippen molar-refractivity contribution in [1.82, 2.24) is 10.2 Å². The summed E-state index contributed by atoms with van der Waals surface area (Å²) in [5.74, 6) is 0.325. The standard InChI is InChI=1S/C14H21N3O/c1-11(8-15)9-16-14(18)17-7-6-12-4-2-3-5-13(12)10-17/h2-5,11H,6-10,15H2,1H3,(H,16,18). The van der Waals surface area contributed by atoms with Gasteiger partial charge in [-0.1, -0.05) is 31.2 Å². The number of nitrogens with one attached hydrogen (secondary N) is 1. The average molecular weight is 247 g/mol. The summed E-state index contributed by atoms with van der Waals surface area (Å²) in [4.78, 5) is 13.9. The molecule has 0 aliphatic carbocycles. The first-order valence-corrected chi connectivity index (χ1v) is 6.50. The molecule has 1 aliphatic heterocycles. The van der Waals surface area contributed by atoms with Crippen LogP contribution in [-0.4, -0.2) is 30.6 Å². The summed E-state index contributed by atoms with van der Waals surface area (Å²) in [7, 11) is 0. The minimum atomic E-state index is 0.0183. The lowest BCUT2D eigenvalue weighted by Crippen LogP contribution is -2.44. The van der Waals surface area contributed by atoms with Gasteiger partial charge in [-0.2, -0.15) is 0 Å². The summed E-state index contributed by atoms with van der Waals surface area (Å²) in [5.41, 5.74) is 8.15. The second-order valence-corrected chi connectivity index (χ2v) is 4.97. The van der Waals surface area contributed by atoms with E-state index < -0.39 is 0 Å². The van der Waals surface area contributed by atoms with Gasteiger partial charge in [-0.3, -0.25) is 0 Å². The monoisotopic (exact) mass is 247 g/mol. The zero-order valence-corrected chi connectivity index (χ0v) is 10.9. The minimum absolute atomic E-state index is 0.0183. The molecule has 1 unspecified atom stereocenters. The van der Waals surface area contributed by atoms with Crippen molar-refractivity contribution >= 4 is 6.03 Å². The number of rotatable bonds is 3. The lowest BCUT2D eigenvalue weighted by atomic mass is 10.0. The van der Waals surface area contributed by atoms with Crippen LogP contribution in [-0.2, 0) is 13.0 Å². The van der Waals surface area contributed by atoms with E-state index in [0.29, 0.717) is 25.6 Å². The number of hydrogen-bond donors (Lipinski definition) is 2. The fourth-order valence-corrected chi connectivity index (χ4v) is 2.13. The van der Waals surface area contributed by atoms with Crippen LogP contribution in [0.15, 0.2) is 24.3 Å². The number of amides is 2. The van der Waals surface area contributed by atoms with E-state index in [1.165, 1.54) is 11.1 Å². The molecule has 98 valence electrons. The smallest absolute Gasteiger partial charge is 0.317 e. The second kappa shape index (κ2) is 5.87. The Morgan fingerprint density at radius 1 is 1.44 bits per heavy atom. The Kier molecular flexibility index (Phi) is 4.20. The first-order chi connectivity index (χ1) is 8.70. The molecule has 0 spiro atoms. The third-order valence-electron chi connectivity index (χ3n) is 3.42. The van der Waals surface area contributed by atoms with E-state index in [-0.39, 0.29) is 6.03 Å². The molecule has 0 saturated carbocycles. The topological polar surface area (TPSA) is 58.4 Å². The van der Waals surface area contributed by atoms with Gasteiger partial charge in [0.15, 0.2) is 0 Å². The number of urea groups is 1. The first-order valence-electron chi connectivity index (χ1n) is 6.50. The molecule has 0 radical (unpaired) electrons. The van der Waals surface area contributed by atoms with Crippen LogP contribution in [0.5, 0.6) is 0 Å². The van der Waals surface area contributed by atoms with E-state index in [0.717, 1.165) is 13.0 Å². The van der Waals surface area contributed by atoms with Crippen molar-refractivity contribution in [2.45, 2.75) is 19.9 Å². The van der Waals surface area contributed by atoms with Crippen LogP contribution in [0.1, 0.15) is 18.1 Å². The lowest BCUT2D eigenvalue weighted by Gasteiger charge is -2.29. The van der Waals surface area contributed by atoms with Crippen LogP contribution in [0, 0.1) is 5.92 Å². The number of fused-ring (bicyclic) bond motifs is 1. The number of nitrogens with two attached hydrogens (primary N) is 1. The number of carbonyl (C=O) groups is 1. The van der Waals surface area contributed by atoms with Gasteiger partial charge >= 0.3 is 6.03 Å². The molecular weight excluding hydrogens is 226 g/mol. The Hall–Kier alpha value is -1.55. The van der Waals surface area contributed by atoms with Crippen molar-refractivity contribution in [3.05, 3.63) is 35.4 Å². The van der Waals surface area contributed by atoms with Gasteiger partial charge in [0.1, 0.15) is 0 Å². The summed E-state index contributed by atoms with van der Waals surface area (Å²) in [6, 6.07) is 8.33. The maximum atomic E-state index is 12.0. The predicted molar refractivity (Wildman–Crippen MR) is 72.2 cm³/mol. The molecule has 1 aromatic carbocycles. The van der Waals surface area contributed by atoms with Gasteiger partial charge in [-0.25, -0.2) is 4.79 Å². The largest absolute Gasteiger partial charge is 0.338 e. The van der Waals surface area contributed by atoms with E-state index in [2.05, 4.69) is 23.5 Å². The highest BCUT2D eigenvalue weighted by Crippen LogP contribution is 2.18. The third kappa shape index (κ3) is 3.01. The van der Waals surface area contributed by atoms with Gasteiger partial charge in [0.05, 0.1) is 0 Å². The minimum Gasteiger partial charge on any atom is -0.338 e. The maximum Gasteiger partial charge on any atom is 0.317 e. The van der Waals surface area contributed by atoms with Crippen LogP contribution in [0.2, 0.25) is 0 Å². The Morgan fingerprint density at radius 3 is 2.89 bits per heavy atom. The summed E-state index contributed by atoms with van der Waals surface area (Å²) in [5, 5.41) is 2.94. The molecule has 1 aliphatic rings. The highest BCUT2D eigenvalue weighted by atomic mass is 16.2. The van der Waals surface area contributed by atoms with Crippen molar-refractivity contribution in [2.24, 2.45) is 11.7 Å². The van der Waals surface area contributed by atoms with Crippen LogP contribution in [0.3, 0.4) is 0 Å². The quantitative estimate of drug-likeness (QED) is 0.847. The highest BCUT2D eigenvalue weighted by molar-refractivity contribution is 5.74. The molecule has 1 atom stereocenters. The third-order valence-corrected chi connectivity index (χ3v) is 3.42. The summed E-state index contributed by atoms with van der Waals surface area (Å²) in [6.45, 7) is 4.78. The molecule has 18 heavy (non-hydrogen) atoms. The van der Waals surface area contributed by atoms with Gasteiger partial charge < -0.3 is 16.0 Å². The Bertz CT molecular complexity index is 419. The van der Waals surface area contributed by atoms with Crippen LogP contribution in [0.25, 0.3) is 0 Å². The molecule has 4 heteroatoms. The van der Waals surface area contributed by atoms with Crippen LogP contribution >= 0.6 is 0 Å². The Morgan fingerprint density at radius 2 is 2.17 bits per heavy atom. The zero-order chi connectivity index (χ0) is 13.0. The second-order valence-electron chi connectivity index (χ2n) is 4.97. The first kappa shape index (κ1) is 12.9. The number of hydrogen-bond acceptors (Lipinski definition) is 2. The molecule has 0 saturated heterocycles. The van der Waals surface area contributed by atoms with Gasteiger partial charge in [0.25, 0.3) is 0 Å². The average Bonchev–Trinajstić information content (AvgIpc) is 2.43. The number of benzene rings is 1. The van der Waals surface area contributed by atoms with E-state index in [1.54, 1.807) is 0 Å². The van der Waals surface area contributed by atoms with Gasteiger partial charge in [0, 0.05) is 19.6 Å². The summed E-state index contributed by atoms with van der Waals surface area (Å²) >= 11 is 0. The Balaban J connectivity index is 1.90. The Labute approximate surface area is 108 Å². The van der Waals surface area contributed by atoms with Gasteiger partial charge in [-0.15, -0.1) is 0 Å². The molecule has 3 N–H and O–H groups in total. The van der Waals surface area contributed by atoms with Crippen molar-refractivity contribution < 1.29 is 4.79 Å². The van der Waals surface area contributed by atoms with Crippen molar-refractivity contribution in [3.63, 3.8) is 0 Å². The van der Waals surface area contributed by atoms with Crippen LogP contribution < -0.4 is 11.1 Å². The van der Waals surface area contributed by atoms with E-state index >= 15 is 0 Å². The molecule has 0 aromatic heterocycles. The SMILES string of the molecule is CC(CN)CNC(=O)N1CCc2ccccc2C1. The number of nitrogens with zero attached hydrogens (tertiary/aromatic N) is 1.